The molecule has 1 heterocycles. The summed E-state index contributed by atoms with van der Waals surface area (Å²) in [4.78, 5) is 14.6. The Labute approximate surface area is 169 Å². The fourth-order valence-electron chi connectivity index (χ4n) is 3.09. The predicted molar refractivity (Wildman–Crippen MR) is 111 cm³/mol. The Kier molecular flexibility index (Phi) is 6.66. The van der Waals surface area contributed by atoms with Crippen molar-refractivity contribution in [2.75, 3.05) is 6.54 Å². The first-order valence-corrected chi connectivity index (χ1v) is 9.49. The van der Waals surface area contributed by atoms with Crippen LogP contribution in [0.15, 0.2) is 85.6 Å². The van der Waals surface area contributed by atoms with E-state index in [1.54, 1.807) is 17.0 Å². The molecule has 0 aliphatic heterocycles. The van der Waals surface area contributed by atoms with E-state index in [1.165, 1.54) is 12.1 Å². The Balaban J connectivity index is 1.77. The first-order valence-electron chi connectivity index (χ1n) is 9.05. The molecule has 0 N–H and O–H groups in total. The van der Waals surface area contributed by atoms with Crippen molar-refractivity contribution in [3.63, 3.8) is 0 Å². The largest absolute Gasteiger partial charge is 0.345 e. The fraction of sp³-hybridized carbons (Fsp3) is 0.174. The average molecular weight is 397 g/mol. The molecule has 1 amide bonds. The summed E-state index contributed by atoms with van der Waals surface area (Å²) in [7, 11) is 0. The topological polar surface area (TPSA) is 25.2 Å². The molecule has 3 rings (SSSR count). The van der Waals surface area contributed by atoms with Crippen LogP contribution in [-0.2, 0) is 17.9 Å². The maximum atomic E-state index is 13.5. The fourth-order valence-corrected chi connectivity index (χ4v) is 3.37. The number of hydrogen-bond acceptors (Lipinski definition) is 1. The number of hydrogen-bond donors (Lipinski definition) is 0. The lowest BCUT2D eigenvalue weighted by Crippen LogP contribution is -2.34. The third kappa shape index (κ3) is 4.90. The first-order chi connectivity index (χ1) is 13.6. The summed E-state index contributed by atoms with van der Waals surface area (Å²) in [5, 5.41) is -0.757. The van der Waals surface area contributed by atoms with E-state index in [1.807, 2.05) is 59.3 Å². The van der Waals surface area contributed by atoms with Crippen LogP contribution in [-0.4, -0.2) is 21.9 Å². The van der Waals surface area contributed by atoms with E-state index in [-0.39, 0.29) is 11.7 Å². The molecule has 2 aromatic carbocycles. The second kappa shape index (κ2) is 9.38. The monoisotopic (exact) mass is 396 g/mol. The molecule has 0 saturated carbocycles. The van der Waals surface area contributed by atoms with Crippen LogP contribution >= 0.6 is 11.6 Å². The summed E-state index contributed by atoms with van der Waals surface area (Å²) in [6, 6.07) is 19.7. The molecule has 0 bridgehead atoms. The molecule has 0 spiro atoms. The van der Waals surface area contributed by atoms with E-state index in [9.17, 15) is 9.18 Å². The van der Waals surface area contributed by atoms with Crippen LogP contribution < -0.4 is 0 Å². The SMILES string of the molecule is C=CCN(Cc1cccn1Cc1cccc(F)c1)C(=O)[C@@H](Cl)c1ccccc1. The third-order valence-electron chi connectivity index (χ3n) is 4.49. The van der Waals surface area contributed by atoms with Crippen molar-refractivity contribution in [1.82, 2.24) is 9.47 Å². The molecule has 0 saturated heterocycles. The van der Waals surface area contributed by atoms with Gasteiger partial charge in [0.15, 0.2) is 0 Å². The van der Waals surface area contributed by atoms with Gasteiger partial charge in [0.1, 0.15) is 11.2 Å². The summed E-state index contributed by atoms with van der Waals surface area (Å²) in [6.45, 7) is 5.07. The molecule has 0 aliphatic rings. The highest BCUT2D eigenvalue weighted by Gasteiger charge is 2.24. The Morgan fingerprint density at radius 2 is 1.93 bits per heavy atom. The van der Waals surface area contributed by atoms with Gasteiger partial charge in [-0.2, -0.15) is 0 Å². The predicted octanol–water partition coefficient (Wildman–Crippen LogP) is 5.17. The zero-order valence-electron chi connectivity index (χ0n) is 15.5. The number of amides is 1. The minimum absolute atomic E-state index is 0.175. The van der Waals surface area contributed by atoms with E-state index < -0.39 is 5.38 Å². The summed E-state index contributed by atoms with van der Waals surface area (Å²) in [5.74, 6) is -0.436. The molecule has 3 nitrogen and oxygen atoms in total. The van der Waals surface area contributed by atoms with Gasteiger partial charge in [-0.15, -0.1) is 18.2 Å². The minimum atomic E-state index is -0.757. The van der Waals surface area contributed by atoms with Crippen molar-refractivity contribution >= 4 is 17.5 Å². The lowest BCUT2D eigenvalue weighted by Gasteiger charge is -2.24. The number of benzene rings is 2. The standard InChI is InChI=1S/C23H22ClFN2O/c1-2-13-27(23(28)22(24)19-9-4-3-5-10-19)17-21-12-7-14-26(21)16-18-8-6-11-20(25)15-18/h2-12,14-15,22H,1,13,16-17H2/t22-/m0/s1. The average Bonchev–Trinajstić information content (AvgIpc) is 3.14. The number of aromatic nitrogens is 1. The summed E-state index contributed by atoms with van der Waals surface area (Å²) in [6.07, 6.45) is 3.61. The van der Waals surface area contributed by atoms with Crippen LogP contribution in [0.2, 0.25) is 0 Å². The van der Waals surface area contributed by atoms with Gasteiger partial charge >= 0.3 is 0 Å². The Morgan fingerprint density at radius 1 is 1.14 bits per heavy atom. The number of rotatable bonds is 8. The summed E-state index contributed by atoms with van der Waals surface area (Å²) >= 11 is 6.44. The second-order valence-corrected chi connectivity index (χ2v) is 6.97. The molecule has 3 aromatic rings. The van der Waals surface area contributed by atoms with Gasteiger partial charge in [0.05, 0.1) is 6.54 Å². The van der Waals surface area contributed by atoms with Gasteiger partial charge in [-0.05, 0) is 35.4 Å². The number of alkyl halides is 1. The maximum Gasteiger partial charge on any atom is 0.245 e. The van der Waals surface area contributed by atoms with E-state index in [2.05, 4.69) is 6.58 Å². The van der Waals surface area contributed by atoms with Gasteiger partial charge in [-0.1, -0.05) is 48.5 Å². The highest BCUT2D eigenvalue weighted by molar-refractivity contribution is 6.30. The van der Waals surface area contributed by atoms with Gasteiger partial charge < -0.3 is 9.47 Å². The van der Waals surface area contributed by atoms with Crippen molar-refractivity contribution in [2.45, 2.75) is 18.5 Å². The first kappa shape index (κ1) is 19.9. The third-order valence-corrected chi connectivity index (χ3v) is 4.93. The number of carbonyl (C=O) groups excluding carboxylic acids is 1. The van der Waals surface area contributed by atoms with Crippen LogP contribution in [0.4, 0.5) is 4.39 Å². The molecule has 0 unspecified atom stereocenters. The molecule has 5 heteroatoms. The molecule has 144 valence electrons. The quantitative estimate of drug-likeness (QED) is 0.381. The Bertz CT molecular complexity index is 939. The normalized spacial score (nSPS) is 11.8. The van der Waals surface area contributed by atoms with Crippen LogP contribution in [0, 0.1) is 5.82 Å². The highest BCUT2D eigenvalue weighted by atomic mass is 35.5. The highest BCUT2D eigenvalue weighted by Crippen LogP contribution is 2.24. The maximum absolute atomic E-state index is 13.5. The zero-order chi connectivity index (χ0) is 19.9. The number of halogens is 2. The van der Waals surface area contributed by atoms with E-state index in [0.29, 0.717) is 19.6 Å². The molecule has 1 aromatic heterocycles. The van der Waals surface area contributed by atoms with Crippen molar-refractivity contribution in [3.8, 4) is 0 Å². The van der Waals surface area contributed by atoms with Gasteiger partial charge in [-0.25, -0.2) is 4.39 Å². The van der Waals surface area contributed by atoms with Crippen LogP contribution in [0.5, 0.6) is 0 Å². The van der Waals surface area contributed by atoms with Gasteiger partial charge in [-0.3, -0.25) is 4.79 Å². The lowest BCUT2D eigenvalue weighted by atomic mass is 10.1. The van der Waals surface area contributed by atoms with Gasteiger partial charge in [0.2, 0.25) is 5.91 Å². The minimum Gasteiger partial charge on any atom is -0.345 e. The van der Waals surface area contributed by atoms with Crippen molar-refractivity contribution < 1.29 is 9.18 Å². The van der Waals surface area contributed by atoms with Crippen molar-refractivity contribution in [1.29, 1.82) is 0 Å². The second-order valence-electron chi connectivity index (χ2n) is 6.54. The molecular formula is C23H22ClFN2O. The molecule has 28 heavy (non-hydrogen) atoms. The van der Waals surface area contributed by atoms with E-state index in [0.717, 1.165) is 16.8 Å². The van der Waals surface area contributed by atoms with Crippen molar-refractivity contribution in [2.24, 2.45) is 0 Å². The Hall–Kier alpha value is -2.85. The molecule has 0 aliphatic carbocycles. The van der Waals surface area contributed by atoms with Crippen molar-refractivity contribution in [3.05, 3.63) is 108 Å². The molecule has 0 fully saturated rings. The molecular weight excluding hydrogens is 375 g/mol. The van der Waals surface area contributed by atoms with Crippen LogP contribution in [0.25, 0.3) is 0 Å². The van der Waals surface area contributed by atoms with E-state index >= 15 is 0 Å². The van der Waals surface area contributed by atoms with Crippen LogP contribution in [0.1, 0.15) is 22.2 Å². The summed E-state index contributed by atoms with van der Waals surface area (Å²) < 4.78 is 15.5. The lowest BCUT2D eigenvalue weighted by molar-refractivity contribution is -0.131. The molecule has 1 atom stereocenters. The number of carbonyl (C=O) groups is 1. The van der Waals surface area contributed by atoms with Gasteiger partial charge in [0, 0.05) is 25.0 Å². The Morgan fingerprint density at radius 3 is 2.64 bits per heavy atom. The number of nitrogens with zero attached hydrogens (tertiary/aromatic N) is 2. The van der Waals surface area contributed by atoms with Gasteiger partial charge in [0.25, 0.3) is 0 Å². The van der Waals surface area contributed by atoms with E-state index in [4.69, 9.17) is 11.6 Å². The molecule has 0 radical (unpaired) electrons. The smallest absolute Gasteiger partial charge is 0.245 e. The summed E-state index contributed by atoms with van der Waals surface area (Å²) in [5.41, 5.74) is 2.56. The van der Waals surface area contributed by atoms with Crippen LogP contribution in [0.3, 0.4) is 0 Å². The zero-order valence-corrected chi connectivity index (χ0v) is 16.2.